The van der Waals surface area contributed by atoms with Crippen molar-refractivity contribution < 1.29 is 9.59 Å². The molecule has 5 heteroatoms. The lowest BCUT2D eigenvalue weighted by atomic mass is 9.90. The first kappa shape index (κ1) is 16.0. The zero-order valence-corrected chi connectivity index (χ0v) is 13.7. The molecule has 0 radical (unpaired) electrons. The number of hydrogen-bond acceptors (Lipinski definition) is 3. The van der Waals surface area contributed by atoms with E-state index < -0.39 is 0 Å². The molecule has 2 saturated heterocycles. The summed E-state index contributed by atoms with van der Waals surface area (Å²) in [5, 5.41) is 0. The summed E-state index contributed by atoms with van der Waals surface area (Å²) in [6.45, 7) is 4.37. The maximum absolute atomic E-state index is 12.6. The van der Waals surface area contributed by atoms with Crippen molar-refractivity contribution in [2.24, 2.45) is 11.7 Å². The van der Waals surface area contributed by atoms with E-state index in [2.05, 4.69) is 0 Å². The molecule has 1 unspecified atom stereocenters. The van der Waals surface area contributed by atoms with Crippen LogP contribution >= 0.6 is 0 Å². The molecule has 5 nitrogen and oxygen atoms in total. The van der Waals surface area contributed by atoms with Gasteiger partial charge >= 0.3 is 0 Å². The van der Waals surface area contributed by atoms with Gasteiger partial charge in [0.1, 0.15) is 0 Å². The van der Waals surface area contributed by atoms with Gasteiger partial charge in [0.2, 0.25) is 5.91 Å². The predicted molar refractivity (Wildman–Crippen MR) is 90.3 cm³/mol. The van der Waals surface area contributed by atoms with Crippen molar-refractivity contribution in [2.45, 2.75) is 38.6 Å². The molecule has 1 aromatic carbocycles. The molecule has 0 bridgehead atoms. The maximum atomic E-state index is 12.6. The Morgan fingerprint density at radius 2 is 1.83 bits per heavy atom. The van der Waals surface area contributed by atoms with Gasteiger partial charge in [-0.2, -0.15) is 0 Å². The van der Waals surface area contributed by atoms with Crippen LogP contribution in [0.15, 0.2) is 24.3 Å². The van der Waals surface area contributed by atoms with Crippen LogP contribution in [0.3, 0.4) is 0 Å². The second kappa shape index (κ2) is 6.71. The number of piperidine rings is 1. The zero-order chi connectivity index (χ0) is 16.4. The number of nitrogens with zero attached hydrogens (tertiary/aromatic N) is 2. The van der Waals surface area contributed by atoms with Crippen molar-refractivity contribution in [3.05, 3.63) is 29.8 Å². The number of anilines is 1. The van der Waals surface area contributed by atoms with Gasteiger partial charge in [-0.3, -0.25) is 9.59 Å². The first-order valence-corrected chi connectivity index (χ1v) is 8.51. The molecule has 1 atom stereocenters. The lowest BCUT2D eigenvalue weighted by Crippen LogP contribution is -2.42. The quantitative estimate of drug-likeness (QED) is 0.928. The minimum Gasteiger partial charge on any atom is -0.339 e. The smallest absolute Gasteiger partial charge is 0.253 e. The van der Waals surface area contributed by atoms with Crippen LogP contribution in [0.4, 0.5) is 5.69 Å². The Balaban J connectivity index is 1.63. The van der Waals surface area contributed by atoms with Gasteiger partial charge in [-0.1, -0.05) is 0 Å². The largest absolute Gasteiger partial charge is 0.339 e. The summed E-state index contributed by atoms with van der Waals surface area (Å²) in [6.07, 6.45) is 3.48. The van der Waals surface area contributed by atoms with Crippen molar-refractivity contribution in [2.75, 3.05) is 24.5 Å². The molecule has 0 saturated carbocycles. The van der Waals surface area contributed by atoms with E-state index in [9.17, 15) is 9.59 Å². The number of amides is 2. The van der Waals surface area contributed by atoms with E-state index in [4.69, 9.17) is 5.73 Å². The second-order valence-corrected chi connectivity index (χ2v) is 6.68. The fraction of sp³-hybridized carbons (Fsp3) is 0.556. The molecule has 2 aliphatic heterocycles. The van der Waals surface area contributed by atoms with Gasteiger partial charge in [0.25, 0.3) is 5.91 Å². The molecule has 2 N–H and O–H groups in total. The molecule has 2 amide bonds. The Bertz CT molecular complexity index is 574. The summed E-state index contributed by atoms with van der Waals surface area (Å²) in [6, 6.07) is 7.63. The molecule has 124 valence electrons. The molecule has 1 aromatic rings. The first-order chi connectivity index (χ1) is 11.1. The van der Waals surface area contributed by atoms with Crippen LogP contribution in [0.1, 0.15) is 43.0 Å². The molecular weight excluding hydrogens is 290 g/mol. The van der Waals surface area contributed by atoms with Crippen molar-refractivity contribution in [1.29, 1.82) is 0 Å². The normalized spacial score (nSPS) is 20.9. The number of nitrogens with two attached hydrogens (primary N) is 1. The van der Waals surface area contributed by atoms with Crippen LogP contribution in [0.5, 0.6) is 0 Å². The molecular formula is C18H25N3O2. The Labute approximate surface area is 137 Å². The summed E-state index contributed by atoms with van der Waals surface area (Å²) in [4.78, 5) is 28.1. The van der Waals surface area contributed by atoms with Crippen molar-refractivity contribution >= 4 is 17.5 Å². The van der Waals surface area contributed by atoms with E-state index >= 15 is 0 Å². The lowest BCUT2D eigenvalue weighted by molar-refractivity contribution is -0.117. The SMILES string of the molecule is CC(N)C1CCN(C(=O)c2ccc(N3CCCC3=O)cc2)CC1. The van der Waals surface area contributed by atoms with Crippen molar-refractivity contribution in [1.82, 2.24) is 4.90 Å². The third-order valence-electron chi connectivity index (χ3n) is 5.07. The average Bonchev–Trinajstić information content (AvgIpc) is 3.00. The maximum Gasteiger partial charge on any atom is 0.253 e. The molecule has 0 spiro atoms. The van der Waals surface area contributed by atoms with E-state index in [1.807, 2.05) is 36.1 Å². The van der Waals surface area contributed by atoms with Crippen LogP contribution in [-0.2, 0) is 4.79 Å². The number of hydrogen-bond donors (Lipinski definition) is 1. The Kier molecular flexibility index (Phi) is 4.66. The third kappa shape index (κ3) is 3.39. The Hall–Kier alpha value is -1.88. The number of carbonyl (C=O) groups excluding carboxylic acids is 2. The fourth-order valence-electron chi connectivity index (χ4n) is 3.52. The van der Waals surface area contributed by atoms with Gasteiger partial charge < -0.3 is 15.5 Å². The van der Waals surface area contributed by atoms with Crippen molar-refractivity contribution in [3.63, 3.8) is 0 Å². The predicted octanol–water partition coefficient (Wildman–Crippen LogP) is 2.01. The van der Waals surface area contributed by atoms with Gasteiger partial charge in [0.05, 0.1) is 0 Å². The lowest BCUT2D eigenvalue weighted by Gasteiger charge is -2.33. The number of carbonyl (C=O) groups is 2. The molecule has 2 aliphatic rings. The first-order valence-electron chi connectivity index (χ1n) is 8.51. The van der Waals surface area contributed by atoms with E-state index in [0.29, 0.717) is 17.9 Å². The fourth-order valence-corrected chi connectivity index (χ4v) is 3.52. The summed E-state index contributed by atoms with van der Waals surface area (Å²) >= 11 is 0. The van der Waals surface area contributed by atoms with Crippen LogP contribution < -0.4 is 10.6 Å². The topological polar surface area (TPSA) is 66.6 Å². The van der Waals surface area contributed by atoms with E-state index in [1.54, 1.807) is 4.90 Å². The van der Waals surface area contributed by atoms with Gasteiger partial charge in [-0.25, -0.2) is 0 Å². The zero-order valence-electron chi connectivity index (χ0n) is 13.7. The van der Waals surface area contributed by atoms with Gasteiger partial charge in [0.15, 0.2) is 0 Å². The Morgan fingerprint density at radius 3 is 2.35 bits per heavy atom. The highest BCUT2D eigenvalue weighted by Crippen LogP contribution is 2.24. The number of benzene rings is 1. The van der Waals surface area contributed by atoms with Crippen LogP contribution in [-0.4, -0.2) is 42.4 Å². The van der Waals surface area contributed by atoms with Gasteiger partial charge in [0, 0.05) is 43.3 Å². The second-order valence-electron chi connectivity index (χ2n) is 6.68. The van der Waals surface area contributed by atoms with Crippen LogP contribution in [0.2, 0.25) is 0 Å². The summed E-state index contributed by atoms with van der Waals surface area (Å²) in [7, 11) is 0. The van der Waals surface area contributed by atoms with Gasteiger partial charge in [-0.05, 0) is 56.4 Å². The van der Waals surface area contributed by atoms with E-state index in [1.165, 1.54) is 0 Å². The minimum absolute atomic E-state index is 0.0763. The number of rotatable bonds is 3. The summed E-state index contributed by atoms with van der Waals surface area (Å²) in [5.74, 6) is 0.761. The minimum atomic E-state index is 0.0763. The summed E-state index contributed by atoms with van der Waals surface area (Å²) < 4.78 is 0. The molecule has 0 aliphatic carbocycles. The number of likely N-dealkylation sites (tertiary alicyclic amines) is 1. The third-order valence-corrected chi connectivity index (χ3v) is 5.07. The van der Waals surface area contributed by atoms with Crippen LogP contribution in [0.25, 0.3) is 0 Å². The average molecular weight is 315 g/mol. The molecule has 2 heterocycles. The molecule has 3 rings (SSSR count). The molecule has 0 aromatic heterocycles. The molecule has 2 fully saturated rings. The Morgan fingerprint density at radius 1 is 1.17 bits per heavy atom. The monoisotopic (exact) mass is 315 g/mol. The highest BCUT2D eigenvalue weighted by atomic mass is 16.2. The van der Waals surface area contributed by atoms with E-state index in [-0.39, 0.29) is 17.9 Å². The highest BCUT2D eigenvalue weighted by molar-refractivity contribution is 5.97. The van der Waals surface area contributed by atoms with E-state index in [0.717, 1.165) is 44.6 Å². The van der Waals surface area contributed by atoms with Gasteiger partial charge in [-0.15, -0.1) is 0 Å². The van der Waals surface area contributed by atoms with Crippen LogP contribution in [0, 0.1) is 5.92 Å². The highest BCUT2D eigenvalue weighted by Gasteiger charge is 2.26. The van der Waals surface area contributed by atoms with Crippen molar-refractivity contribution in [3.8, 4) is 0 Å². The standard InChI is InChI=1S/C18H25N3O2/c1-13(19)14-8-11-20(12-9-14)18(23)15-4-6-16(7-5-15)21-10-2-3-17(21)22/h4-7,13-14H,2-3,8-12,19H2,1H3. The summed E-state index contributed by atoms with van der Waals surface area (Å²) in [5.41, 5.74) is 7.53. The molecule has 23 heavy (non-hydrogen) atoms.